The van der Waals surface area contributed by atoms with Crippen molar-refractivity contribution in [2.45, 2.75) is 20.0 Å². The first-order chi connectivity index (χ1) is 10.2. The molecule has 2 rings (SSSR count). The molecule has 0 fully saturated rings. The van der Waals surface area contributed by atoms with E-state index in [1.54, 1.807) is 18.5 Å². The van der Waals surface area contributed by atoms with Crippen LogP contribution >= 0.6 is 11.6 Å². The number of aromatic nitrogens is 1. The summed E-state index contributed by atoms with van der Waals surface area (Å²) in [6.45, 7) is 2.28. The SMILES string of the molecule is Cc1cncc(COc2cc(F)ccc2C#CCCCl)c1. The van der Waals surface area contributed by atoms with E-state index in [1.807, 2.05) is 13.0 Å². The van der Waals surface area contributed by atoms with Crippen LogP contribution in [0.1, 0.15) is 23.1 Å². The largest absolute Gasteiger partial charge is 0.487 e. The fourth-order valence-electron chi connectivity index (χ4n) is 1.78. The zero-order chi connectivity index (χ0) is 15.1. The fourth-order valence-corrected chi connectivity index (χ4v) is 1.88. The molecule has 0 radical (unpaired) electrons. The van der Waals surface area contributed by atoms with E-state index in [2.05, 4.69) is 16.8 Å². The van der Waals surface area contributed by atoms with E-state index in [0.29, 0.717) is 30.2 Å². The van der Waals surface area contributed by atoms with Gasteiger partial charge in [0, 0.05) is 36.3 Å². The van der Waals surface area contributed by atoms with Crippen molar-refractivity contribution in [1.82, 2.24) is 4.98 Å². The van der Waals surface area contributed by atoms with Crippen molar-refractivity contribution in [3.05, 3.63) is 59.2 Å². The molecule has 1 aromatic carbocycles. The number of pyridine rings is 1. The van der Waals surface area contributed by atoms with E-state index in [4.69, 9.17) is 16.3 Å². The lowest BCUT2D eigenvalue weighted by Crippen LogP contribution is -1.99. The van der Waals surface area contributed by atoms with Crippen LogP contribution in [-0.4, -0.2) is 10.9 Å². The topological polar surface area (TPSA) is 22.1 Å². The number of hydrogen-bond donors (Lipinski definition) is 0. The molecule has 0 N–H and O–H groups in total. The predicted molar refractivity (Wildman–Crippen MR) is 81.9 cm³/mol. The van der Waals surface area contributed by atoms with Crippen molar-refractivity contribution >= 4 is 11.6 Å². The molecule has 108 valence electrons. The van der Waals surface area contributed by atoms with Crippen LogP contribution in [-0.2, 0) is 6.61 Å². The van der Waals surface area contributed by atoms with Crippen LogP contribution in [0.15, 0.2) is 36.7 Å². The van der Waals surface area contributed by atoms with Gasteiger partial charge in [-0.2, -0.15) is 0 Å². The minimum atomic E-state index is -0.352. The molecule has 0 aliphatic heterocycles. The van der Waals surface area contributed by atoms with E-state index in [9.17, 15) is 4.39 Å². The first-order valence-corrected chi connectivity index (χ1v) is 7.10. The Labute approximate surface area is 128 Å². The number of rotatable bonds is 4. The zero-order valence-corrected chi connectivity index (χ0v) is 12.5. The molecule has 0 saturated carbocycles. The maximum absolute atomic E-state index is 13.4. The Kier molecular flexibility index (Phi) is 5.59. The van der Waals surface area contributed by atoms with Crippen molar-refractivity contribution < 1.29 is 9.13 Å². The number of nitrogens with zero attached hydrogens (tertiary/aromatic N) is 1. The second kappa shape index (κ2) is 7.66. The molecule has 2 aromatic rings. The summed E-state index contributed by atoms with van der Waals surface area (Å²) in [4.78, 5) is 4.10. The average Bonchev–Trinajstić information content (AvgIpc) is 2.47. The number of ether oxygens (including phenoxy) is 1. The maximum Gasteiger partial charge on any atom is 0.138 e. The second-order valence-electron chi connectivity index (χ2n) is 4.54. The maximum atomic E-state index is 13.4. The van der Waals surface area contributed by atoms with Crippen LogP contribution in [0.4, 0.5) is 4.39 Å². The van der Waals surface area contributed by atoms with Crippen LogP contribution in [0.2, 0.25) is 0 Å². The molecule has 0 bridgehead atoms. The number of alkyl halides is 1. The monoisotopic (exact) mass is 303 g/mol. The number of halogens is 2. The van der Waals surface area contributed by atoms with Gasteiger partial charge in [-0.05, 0) is 30.7 Å². The summed E-state index contributed by atoms with van der Waals surface area (Å²) in [7, 11) is 0. The lowest BCUT2D eigenvalue weighted by atomic mass is 10.2. The second-order valence-corrected chi connectivity index (χ2v) is 4.92. The molecule has 0 unspecified atom stereocenters. The molecule has 0 amide bonds. The summed E-state index contributed by atoms with van der Waals surface area (Å²) < 4.78 is 19.0. The van der Waals surface area contributed by atoms with Crippen molar-refractivity contribution in [2.75, 3.05) is 5.88 Å². The highest BCUT2D eigenvalue weighted by molar-refractivity contribution is 6.18. The summed E-state index contributed by atoms with van der Waals surface area (Å²) >= 11 is 5.59. The summed E-state index contributed by atoms with van der Waals surface area (Å²) in [5.74, 6) is 6.42. The molecule has 0 saturated heterocycles. The molecule has 0 atom stereocenters. The highest BCUT2D eigenvalue weighted by Gasteiger charge is 2.04. The van der Waals surface area contributed by atoms with Gasteiger partial charge in [0.25, 0.3) is 0 Å². The lowest BCUT2D eigenvalue weighted by Gasteiger charge is -2.09. The van der Waals surface area contributed by atoms with Crippen LogP contribution in [0.5, 0.6) is 5.75 Å². The Morgan fingerprint density at radius 2 is 2.14 bits per heavy atom. The Balaban J connectivity index is 2.15. The molecule has 1 heterocycles. The van der Waals surface area contributed by atoms with Gasteiger partial charge >= 0.3 is 0 Å². The van der Waals surface area contributed by atoms with Crippen molar-refractivity contribution in [1.29, 1.82) is 0 Å². The third-order valence-corrected chi connectivity index (χ3v) is 2.90. The summed E-state index contributed by atoms with van der Waals surface area (Å²) in [5, 5.41) is 0. The third kappa shape index (κ3) is 4.77. The lowest BCUT2D eigenvalue weighted by molar-refractivity contribution is 0.303. The summed E-state index contributed by atoms with van der Waals surface area (Å²) in [6, 6.07) is 6.30. The molecule has 21 heavy (non-hydrogen) atoms. The Bertz CT molecular complexity index is 676. The molecule has 0 aliphatic rings. The van der Waals surface area contributed by atoms with Gasteiger partial charge in [0.2, 0.25) is 0 Å². The molecule has 2 nitrogen and oxygen atoms in total. The van der Waals surface area contributed by atoms with Gasteiger partial charge < -0.3 is 4.74 Å². The standard InChI is InChI=1S/C17H15ClFNO/c1-13-8-14(11-20-10-13)12-21-17-9-16(19)6-5-15(17)4-2-3-7-18/h5-6,8-11H,3,7,12H2,1H3. The highest BCUT2D eigenvalue weighted by Crippen LogP contribution is 2.20. The quantitative estimate of drug-likeness (QED) is 0.627. The Hall–Kier alpha value is -2.05. The molecule has 4 heteroatoms. The van der Waals surface area contributed by atoms with Gasteiger partial charge in [-0.3, -0.25) is 4.98 Å². The Morgan fingerprint density at radius 3 is 2.90 bits per heavy atom. The van der Waals surface area contributed by atoms with Crippen LogP contribution in [0.25, 0.3) is 0 Å². The van der Waals surface area contributed by atoms with Gasteiger partial charge in [-0.1, -0.05) is 11.8 Å². The van der Waals surface area contributed by atoms with E-state index < -0.39 is 0 Å². The molecule has 0 aliphatic carbocycles. The summed E-state index contributed by atoms with van der Waals surface area (Å²) in [6.07, 6.45) is 4.08. The first-order valence-electron chi connectivity index (χ1n) is 6.57. The predicted octanol–water partition coefficient (Wildman–Crippen LogP) is 4.09. The smallest absolute Gasteiger partial charge is 0.138 e. The zero-order valence-electron chi connectivity index (χ0n) is 11.7. The number of aryl methyl sites for hydroxylation is 1. The van der Waals surface area contributed by atoms with Gasteiger partial charge in [0.1, 0.15) is 18.2 Å². The van der Waals surface area contributed by atoms with Gasteiger partial charge in [0.15, 0.2) is 0 Å². The summed E-state index contributed by atoms with van der Waals surface area (Å²) in [5.41, 5.74) is 2.64. The van der Waals surface area contributed by atoms with Crippen molar-refractivity contribution in [3.63, 3.8) is 0 Å². The Morgan fingerprint density at radius 1 is 1.29 bits per heavy atom. The van der Waals surface area contributed by atoms with E-state index in [1.165, 1.54) is 12.1 Å². The molecular weight excluding hydrogens is 289 g/mol. The first kappa shape index (κ1) is 15.3. The fraction of sp³-hybridized carbons (Fsp3) is 0.235. The minimum absolute atomic E-state index is 0.322. The van der Waals surface area contributed by atoms with Crippen LogP contribution in [0.3, 0.4) is 0 Å². The number of hydrogen-bond acceptors (Lipinski definition) is 2. The van der Waals surface area contributed by atoms with Crippen molar-refractivity contribution in [2.24, 2.45) is 0 Å². The van der Waals surface area contributed by atoms with Crippen LogP contribution in [0, 0.1) is 24.6 Å². The normalized spacial score (nSPS) is 9.86. The van der Waals surface area contributed by atoms with Gasteiger partial charge in [-0.25, -0.2) is 4.39 Å². The highest BCUT2D eigenvalue weighted by atomic mass is 35.5. The minimum Gasteiger partial charge on any atom is -0.487 e. The molecule has 1 aromatic heterocycles. The van der Waals surface area contributed by atoms with Crippen molar-refractivity contribution in [3.8, 4) is 17.6 Å². The van der Waals surface area contributed by atoms with Crippen LogP contribution < -0.4 is 4.74 Å². The number of benzene rings is 1. The van der Waals surface area contributed by atoms with E-state index in [0.717, 1.165) is 11.1 Å². The van der Waals surface area contributed by atoms with Gasteiger partial charge in [0.05, 0.1) is 5.56 Å². The van der Waals surface area contributed by atoms with Gasteiger partial charge in [-0.15, -0.1) is 11.6 Å². The average molecular weight is 304 g/mol. The molecule has 0 spiro atoms. The van der Waals surface area contributed by atoms with E-state index in [-0.39, 0.29) is 5.82 Å². The third-order valence-electron chi connectivity index (χ3n) is 2.71. The molecular formula is C17H15ClFNO. The van der Waals surface area contributed by atoms with E-state index >= 15 is 0 Å².